The Morgan fingerprint density at radius 2 is 1.73 bits per heavy atom. The van der Waals surface area contributed by atoms with E-state index in [1.54, 1.807) is 15.6 Å². The first-order chi connectivity index (χ1) is 14.2. The van der Waals surface area contributed by atoms with Crippen molar-refractivity contribution in [3.8, 4) is 0 Å². The maximum absolute atomic E-state index is 13.4. The first kappa shape index (κ1) is 23.4. The highest BCUT2D eigenvalue weighted by atomic mass is 32.2. The fraction of sp³-hybridized carbons (Fsp3) is 0.545. The van der Waals surface area contributed by atoms with Crippen LogP contribution >= 0.6 is 11.3 Å². The minimum absolute atomic E-state index is 0.275. The number of aliphatic hydroxyl groups excluding tert-OH is 1. The van der Waals surface area contributed by atoms with Gasteiger partial charge in [-0.25, -0.2) is 8.42 Å². The van der Waals surface area contributed by atoms with Crippen LogP contribution in [-0.2, 0) is 21.4 Å². The zero-order valence-electron chi connectivity index (χ0n) is 18.2. The largest absolute Gasteiger partial charge is 0.389 e. The number of hydrogen-bond donors (Lipinski definition) is 1. The van der Waals surface area contributed by atoms with E-state index in [0.717, 1.165) is 27.1 Å². The zero-order chi connectivity index (χ0) is 21.9. The highest BCUT2D eigenvalue weighted by Crippen LogP contribution is 2.29. The highest BCUT2D eigenvalue weighted by Gasteiger charge is 2.32. The van der Waals surface area contributed by atoms with Crippen LogP contribution in [0.25, 0.3) is 0 Å². The normalized spacial score (nSPS) is 17.4. The topological polar surface area (TPSA) is 70.1 Å². The van der Waals surface area contributed by atoms with Crippen molar-refractivity contribution in [2.45, 2.75) is 45.3 Å². The average molecular weight is 453 g/mol. The molecule has 166 valence electrons. The van der Waals surface area contributed by atoms with Crippen molar-refractivity contribution in [1.29, 1.82) is 0 Å². The lowest BCUT2D eigenvalue weighted by Crippen LogP contribution is -2.50. The van der Waals surface area contributed by atoms with E-state index < -0.39 is 16.1 Å². The van der Waals surface area contributed by atoms with E-state index >= 15 is 0 Å². The van der Waals surface area contributed by atoms with Gasteiger partial charge in [-0.2, -0.15) is 4.31 Å². The molecule has 1 aliphatic heterocycles. The molecule has 1 N–H and O–H groups in total. The number of hydrogen-bond acceptors (Lipinski definition) is 6. The molecule has 1 aromatic heterocycles. The van der Waals surface area contributed by atoms with E-state index in [-0.39, 0.29) is 6.61 Å². The van der Waals surface area contributed by atoms with Crippen LogP contribution in [0.5, 0.6) is 0 Å². The van der Waals surface area contributed by atoms with Crippen molar-refractivity contribution in [2.75, 3.05) is 39.3 Å². The van der Waals surface area contributed by atoms with Crippen LogP contribution in [0.2, 0.25) is 0 Å². The van der Waals surface area contributed by atoms with Crippen LogP contribution in [0.4, 0.5) is 0 Å². The maximum Gasteiger partial charge on any atom is 0.243 e. The van der Waals surface area contributed by atoms with Gasteiger partial charge in [0.1, 0.15) is 0 Å². The molecule has 1 atom stereocenters. The van der Waals surface area contributed by atoms with E-state index in [1.165, 1.54) is 0 Å². The molecule has 3 rings (SSSR count). The average Bonchev–Trinajstić information content (AvgIpc) is 3.20. The van der Waals surface area contributed by atoms with Crippen molar-refractivity contribution in [3.05, 3.63) is 50.7 Å². The lowest BCUT2D eigenvalue weighted by atomic mass is 10.0. The van der Waals surface area contributed by atoms with Gasteiger partial charge >= 0.3 is 0 Å². The van der Waals surface area contributed by atoms with E-state index in [4.69, 9.17) is 4.74 Å². The fourth-order valence-corrected chi connectivity index (χ4v) is 6.53. The van der Waals surface area contributed by atoms with Crippen molar-refractivity contribution >= 4 is 21.4 Å². The Morgan fingerprint density at radius 3 is 2.30 bits per heavy atom. The molecule has 0 amide bonds. The summed E-state index contributed by atoms with van der Waals surface area (Å²) in [5.41, 5.74) is 3.67. The molecule has 1 aromatic carbocycles. The van der Waals surface area contributed by atoms with Gasteiger partial charge in [0, 0.05) is 37.6 Å². The molecular weight excluding hydrogens is 420 g/mol. The number of piperazine rings is 1. The molecular formula is C22H32N2O4S2. The van der Waals surface area contributed by atoms with Gasteiger partial charge in [-0.05, 0) is 61.4 Å². The Morgan fingerprint density at radius 1 is 1.10 bits per heavy atom. The summed E-state index contributed by atoms with van der Waals surface area (Å²) in [6, 6.07) is 6.04. The van der Waals surface area contributed by atoms with Gasteiger partial charge in [-0.15, -0.1) is 11.3 Å². The lowest BCUT2D eigenvalue weighted by molar-refractivity contribution is 0.00611. The summed E-state index contributed by atoms with van der Waals surface area (Å²) in [5, 5.41) is 12.3. The number of ether oxygens (including phenoxy) is 1. The van der Waals surface area contributed by atoms with Crippen LogP contribution < -0.4 is 0 Å². The highest BCUT2D eigenvalue weighted by molar-refractivity contribution is 7.89. The zero-order valence-corrected chi connectivity index (χ0v) is 19.9. The second-order valence-corrected chi connectivity index (χ2v) is 10.9. The Kier molecular flexibility index (Phi) is 7.71. The van der Waals surface area contributed by atoms with Gasteiger partial charge in [-0.1, -0.05) is 12.1 Å². The van der Waals surface area contributed by atoms with Crippen molar-refractivity contribution in [3.63, 3.8) is 0 Å². The van der Waals surface area contributed by atoms with Crippen LogP contribution in [0, 0.1) is 27.7 Å². The van der Waals surface area contributed by atoms with Crippen LogP contribution in [-0.4, -0.2) is 68.2 Å². The monoisotopic (exact) mass is 452 g/mol. The predicted molar refractivity (Wildman–Crippen MR) is 121 cm³/mol. The Bertz CT molecular complexity index is 924. The molecule has 2 heterocycles. The quantitative estimate of drug-likeness (QED) is 0.667. The molecule has 0 unspecified atom stereocenters. The molecule has 0 aliphatic carbocycles. The minimum Gasteiger partial charge on any atom is -0.389 e. The summed E-state index contributed by atoms with van der Waals surface area (Å²) < 4.78 is 33.9. The molecule has 0 saturated carbocycles. The Balaban J connectivity index is 1.55. The molecule has 0 spiro atoms. The third-order valence-corrected chi connectivity index (χ3v) is 8.85. The van der Waals surface area contributed by atoms with Crippen LogP contribution in [0.3, 0.4) is 0 Å². The van der Waals surface area contributed by atoms with E-state index in [9.17, 15) is 13.5 Å². The third kappa shape index (κ3) is 5.30. The number of rotatable bonds is 8. The number of sulfonamides is 1. The van der Waals surface area contributed by atoms with Gasteiger partial charge in [0.05, 0.1) is 24.2 Å². The molecule has 1 saturated heterocycles. The van der Waals surface area contributed by atoms with Crippen molar-refractivity contribution < 1.29 is 18.3 Å². The number of aliphatic hydroxyl groups is 1. The van der Waals surface area contributed by atoms with Crippen molar-refractivity contribution in [2.24, 2.45) is 0 Å². The summed E-state index contributed by atoms with van der Waals surface area (Å²) in [5.74, 6) is 0. The summed E-state index contributed by atoms with van der Waals surface area (Å²) in [4.78, 5) is 3.69. The Hall–Kier alpha value is -1.29. The molecule has 30 heavy (non-hydrogen) atoms. The molecule has 1 aliphatic rings. The molecule has 8 heteroatoms. The number of β-amino-alcohol motifs (C(OH)–C–C–N with tert-alkyl or cyclic N) is 1. The van der Waals surface area contributed by atoms with Gasteiger partial charge in [-0.3, -0.25) is 4.90 Å². The second kappa shape index (κ2) is 9.89. The van der Waals surface area contributed by atoms with Gasteiger partial charge < -0.3 is 9.84 Å². The first-order valence-electron chi connectivity index (χ1n) is 10.3. The smallest absolute Gasteiger partial charge is 0.243 e. The van der Waals surface area contributed by atoms with E-state index in [1.807, 2.05) is 51.3 Å². The predicted octanol–water partition coefficient (Wildman–Crippen LogP) is 2.87. The van der Waals surface area contributed by atoms with Crippen molar-refractivity contribution in [1.82, 2.24) is 9.21 Å². The molecule has 0 bridgehead atoms. The number of aryl methyl sites for hydroxylation is 2. The first-order valence-corrected chi connectivity index (χ1v) is 12.6. The van der Waals surface area contributed by atoms with Gasteiger partial charge in [0.2, 0.25) is 10.0 Å². The minimum atomic E-state index is -3.54. The van der Waals surface area contributed by atoms with E-state index in [2.05, 4.69) is 4.90 Å². The van der Waals surface area contributed by atoms with Crippen LogP contribution in [0.15, 0.2) is 28.5 Å². The second-order valence-electron chi connectivity index (χ2n) is 8.04. The third-order valence-electron chi connectivity index (χ3n) is 5.83. The van der Waals surface area contributed by atoms with Gasteiger partial charge in [0.25, 0.3) is 0 Å². The van der Waals surface area contributed by atoms with E-state index in [0.29, 0.717) is 44.2 Å². The summed E-state index contributed by atoms with van der Waals surface area (Å²) in [6.45, 7) is 11.0. The molecule has 1 fully saturated rings. The molecule has 0 radical (unpaired) electrons. The molecule has 2 aromatic rings. The maximum atomic E-state index is 13.4. The number of nitrogens with zero attached hydrogens (tertiary/aromatic N) is 2. The van der Waals surface area contributed by atoms with Crippen LogP contribution in [0.1, 0.15) is 27.1 Å². The summed E-state index contributed by atoms with van der Waals surface area (Å²) in [6.07, 6.45) is -0.586. The standard InChI is InChI=1S/C22H32N2O4S2/c1-16-12-17(2)19(4)22(18(16)3)30(26,27)24-9-7-23(8-10-24)13-20(25)14-28-15-21-6-5-11-29-21/h5-6,11-12,20,25H,7-10,13-15H2,1-4H3/t20-/m0/s1. The summed E-state index contributed by atoms with van der Waals surface area (Å²) in [7, 11) is -3.54. The fourth-order valence-electron chi connectivity index (χ4n) is 3.89. The lowest BCUT2D eigenvalue weighted by Gasteiger charge is -2.35. The molecule has 6 nitrogen and oxygen atoms in total. The van der Waals surface area contributed by atoms with Gasteiger partial charge in [0.15, 0.2) is 0 Å². The SMILES string of the molecule is Cc1cc(C)c(C)c(S(=O)(=O)N2CCN(C[C@H](O)COCc3cccs3)CC2)c1C. The number of benzene rings is 1. The Labute approximate surface area is 184 Å². The summed E-state index contributed by atoms with van der Waals surface area (Å²) >= 11 is 1.64. The number of thiophene rings is 1.